The summed E-state index contributed by atoms with van der Waals surface area (Å²) < 4.78 is 1.15. The lowest BCUT2D eigenvalue weighted by Crippen LogP contribution is -2.12. The van der Waals surface area contributed by atoms with Gasteiger partial charge in [0.2, 0.25) is 0 Å². The van der Waals surface area contributed by atoms with Gasteiger partial charge < -0.3 is 10.4 Å². The Bertz CT molecular complexity index is 455. The normalized spacial score (nSPS) is 10.6. The number of hydrogen-bond acceptors (Lipinski definition) is 4. The van der Waals surface area contributed by atoms with Crippen LogP contribution < -0.4 is 5.32 Å². The van der Waals surface area contributed by atoms with Crippen molar-refractivity contribution in [1.82, 2.24) is 10.3 Å². The highest BCUT2D eigenvalue weighted by atomic mass is 79.9. The molecule has 2 heterocycles. The summed E-state index contributed by atoms with van der Waals surface area (Å²) in [4.78, 5) is 5.38. The third-order valence-corrected chi connectivity index (χ3v) is 3.67. The summed E-state index contributed by atoms with van der Waals surface area (Å²) in [5.41, 5.74) is 0.924. The molecule has 0 saturated heterocycles. The van der Waals surface area contributed by atoms with Crippen molar-refractivity contribution in [2.45, 2.75) is 13.1 Å². The molecule has 0 spiro atoms. The standard InChI is InChI=1S/C11H11BrN2OS/c12-11-4-3-10(16-11)7-13-5-8-1-2-9(15)6-14-8/h1-4,6,13,15H,5,7H2. The zero-order chi connectivity index (χ0) is 11.4. The first-order valence-electron chi connectivity index (χ1n) is 4.83. The van der Waals surface area contributed by atoms with Gasteiger partial charge in [0, 0.05) is 18.0 Å². The van der Waals surface area contributed by atoms with Gasteiger partial charge in [-0.3, -0.25) is 4.98 Å². The second-order valence-corrected chi connectivity index (χ2v) is 5.86. The quantitative estimate of drug-likeness (QED) is 0.912. The lowest BCUT2D eigenvalue weighted by atomic mass is 10.3. The molecule has 16 heavy (non-hydrogen) atoms. The summed E-state index contributed by atoms with van der Waals surface area (Å²) >= 11 is 5.15. The van der Waals surface area contributed by atoms with E-state index in [1.807, 2.05) is 12.1 Å². The van der Waals surface area contributed by atoms with Crippen molar-refractivity contribution in [3.63, 3.8) is 0 Å². The van der Waals surface area contributed by atoms with E-state index in [0.717, 1.165) is 16.0 Å². The number of aromatic hydroxyl groups is 1. The molecule has 0 bridgehead atoms. The topological polar surface area (TPSA) is 45.1 Å². The molecule has 84 valence electrons. The monoisotopic (exact) mass is 298 g/mol. The van der Waals surface area contributed by atoms with Crippen LogP contribution in [0.4, 0.5) is 0 Å². The number of aromatic nitrogens is 1. The molecule has 0 radical (unpaired) electrons. The average Bonchev–Trinajstić information content (AvgIpc) is 2.67. The van der Waals surface area contributed by atoms with Crippen molar-refractivity contribution in [3.8, 4) is 5.75 Å². The first-order chi connectivity index (χ1) is 7.74. The van der Waals surface area contributed by atoms with E-state index in [1.165, 1.54) is 11.1 Å². The van der Waals surface area contributed by atoms with Crippen molar-refractivity contribution in [3.05, 3.63) is 44.8 Å². The molecule has 0 aliphatic carbocycles. The van der Waals surface area contributed by atoms with Gasteiger partial charge in [0.15, 0.2) is 0 Å². The Morgan fingerprint density at radius 1 is 1.25 bits per heavy atom. The van der Waals surface area contributed by atoms with Crippen LogP contribution in [-0.2, 0) is 13.1 Å². The number of pyridine rings is 1. The van der Waals surface area contributed by atoms with Crippen LogP contribution in [0.1, 0.15) is 10.6 Å². The summed E-state index contributed by atoms with van der Waals surface area (Å²) in [5.74, 6) is 0.200. The van der Waals surface area contributed by atoms with E-state index < -0.39 is 0 Å². The van der Waals surface area contributed by atoms with Gasteiger partial charge in [-0.2, -0.15) is 0 Å². The number of thiophene rings is 1. The molecule has 2 aromatic rings. The van der Waals surface area contributed by atoms with Crippen LogP contribution in [0, 0.1) is 0 Å². The van der Waals surface area contributed by atoms with Crippen LogP contribution in [-0.4, -0.2) is 10.1 Å². The number of rotatable bonds is 4. The van der Waals surface area contributed by atoms with Crippen molar-refractivity contribution in [2.24, 2.45) is 0 Å². The maximum atomic E-state index is 9.08. The predicted molar refractivity (Wildman–Crippen MR) is 68.5 cm³/mol. The minimum absolute atomic E-state index is 0.200. The molecule has 0 fully saturated rings. The predicted octanol–water partition coefficient (Wildman–Crippen LogP) is 2.90. The third kappa shape index (κ3) is 3.30. The van der Waals surface area contributed by atoms with Crippen LogP contribution in [0.25, 0.3) is 0 Å². The number of nitrogens with zero attached hydrogens (tertiary/aromatic N) is 1. The fourth-order valence-corrected chi connectivity index (χ4v) is 2.73. The second kappa shape index (κ2) is 5.43. The molecule has 0 aliphatic heterocycles. The van der Waals surface area contributed by atoms with E-state index in [0.29, 0.717) is 6.54 Å². The Morgan fingerprint density at radius 2 is 2.12 bits per heavy atom. The Kier molecular flexibility index (Phi) is 3.93. The molecule has 2 aromatic heterocycles. The summed E-state index contributed by atoms with van der Waals surface area (Å²) in [6.45, 7) is 1.54. The lowest BCUT2D eigenvalue weighted by molar-refractivity contribution is 0.471. The highest BCUT2D eigenvalue weighted by Gasteiger charge is 1.98. The minimum atomic E-state index is 0.200. The maximum absolute atomic E-state index is 9.08. The molecule has 0 amide bonds. The average molecular weight is 299 g/mol. The van der Waals surface area contributed by atoms with Gasteiger partial charge in [-0.1, -0.05) is 0 Å². The van der Waals surface area contributed by atoms with Crippen LogP contribution in [0.3, 0.4) is 0 Å². The first-order valence-corrected chi connectivity index (χ1v) is 6.44. The molecule has 0 atom stereocenters. The molecule has 3 nitrogen and oxygen atoms in total. The lowest BCUT2D eigenvalue weighted by Gasteiger charge is -2.02. The van der Waals surface area contributed by atoms with Crippen molar-refractivity contribution in [1.29, 1.82) is 0 Å². The smallest absolute Gasteiger partial charge is 0.133 e. The van der Waals surface area contributed by atoms with E-state index in [1.54, 1.807) is 17.4 Å². The second-order valence-electron chi connectivity index (χ2n) is 3.32. The Labute approximate surface area is 106 Å². The fourth-order valence-electron chi connectivity index (χ4n) is 1.28. The van der Waals surface area contributed by atoms with E-state index in [4.69, 9.17) is 5.11 Å². The van der Waals surface area contributed by atoms with Gasteiger partial charge in [0.25, 0.3) is 0 Å². The van der Waals surface area contributed by atoms with E-state index in [2.05, 4.69) is 32.3 Å². The summed E-state index contributed by atoms with van der Waals surface area (Å²) in [5, 5.41) is 12.4. The van der Waals surface area contributed by atoms with Crippen molar-refractivity contribution < 1.29 is 5.11 Å². The van der Waals surface area contributed by atoms with Gasteiger partial charge >= 0.3 is 0 Å². The van der Waals surface area contributed by atoms with Crippen LogP contribution in [0.5, 0.6) is 5.75 Å². The molecule has 0 aliphatic rings. The molecule has 0 saturated carbocycles. The van der Waals surface area contributed by atoms with Gasteiger partial charge in [0.05, 0.1) is 15.7 Å². The van der Waals surface area contributed by atoms with Crippen molar-refractivity contribution >= 4 is 27.3 Å². The molecule has 2 N–H and O–H groups in total. The Hall–Kier alpha value is -0.910. The zero-order valence-electron chi connectivity index (χ0n) is 8.48. The largest absolute Gasteiger partial charge is 0.506 e. The molecule has 2 rings (SSSR count). The summed E-state index contributed by atoms with van der Waals surface area (Å²) in [6, 6.07) is 7.59. The maximum Gasteiger partial charge on any atom is 0.133 e. The first kappa shape index (κ1) is 11.6. The molecule has 0 unspecified atom stereocenters. The summed E-state index contributed by atoms with van der Waals surface area (Å²) in [7, 11) is 0. The molecular weight excluding hydrogens is 288 g/mol. The van der Waals surface area contributed by atoms with Crippen LogP contribution in [0.15, 0.2) is 34.2 Å². The van der Waals surface area contributed by atoms with Crippen LogP contribution in [0.2, 0.25) is 0 Å². The Morgan fingerprint density at radius 3 is 2.75 bits per heavy atom. The van der Waals surface area contributed by atoms with Gasteiger partial charge in [0.1, 0.15) is 5.75 Å². The van der Waals surface area contributed by atoms with E-state index in [-0.39, 0.29) is 5.75 Å². The fraction of sp³-hybridized carbons (Fsp3) is 0.182. The zero-order valence-corrected chi connectivity index (χ0v) is 10.9. The SMILES string of the molecule is Oc1ccc(CNCc2ccc(Br)s2)nc1. The highest BCUT2D eigenvalue weighted by molar-refractivity contribution is 9.11. The number of halogens is 1. The van der Waals surface area contributed by atoms with Gasteiger partial charge in [-0.25, -0.2) is 0 Å². The van der Waals surface area contributed by atoms with Crippen molar-refractivity contribution in [2.75, 3.05) is 0 Å². The molecule has 0 aromatic carbocycles. The minimum Gasteiger partial charge on any atom is -0.506 e. The number of nitrogens with one attached hydrogen (secondary N) is 1. The third-order valence-electron chi connectivity index (χ3n) is 2.04. The van der Waals surface area contributed by atoms with Crippen LogP contribution >= 0.6 is 27.3 Å². The van der Waals surface area contributed by atoms with E-state index in [9.17, 15) is 0 Å². The van der Waals surface area contributed by atoms with Gasteiger partial charge in [-0.15, -0.1) is 11.3 Å². The number of hydrogen-bond donors (Lipinski definition) is 2. The van der Waals surface area contributed by atoms with Gasteiger partial charge in [-0.05, 0) is 40.2 Å². The summed E-state index contributed by atoms with van der Waals surface area (Å²) in [6.07, 6.45) is 1.46. The molecule has 5 heteroatoms. The highest BCUT2D eigenvalue weighted by Crippen LogP contribution is 2.21. The van der Waals surface area contributed by atoms with E-state index >= 15 is 0 Å². The molecular formula is C11H11BrN2OS. The Balaban J connectivity index is 1.82.